The molecule has 0 bridgehead atoms. The number of alkyl halides is 4. The van der Waals surface area contributed by atoms with Crippen molar-refractivity contribution in [1.29, 1.82) is 0 Å². The number of hydrogen-bond acceptors (Lipinski definition) is 0. The molecule has 0 radical (unpaired) electrons. The van der Waals surface area contributed by atoms with E-state index in [2.05, 4.69) is 0 Å². The molecule has 0 N–H and O–H groups in total. The summed E-state index contributed by atoms with van der Waals surface area (Å²) in [5.41, 5.74) is 0. The van der Waals surface area contributed by atoms with Gasteiger partial charge in [0.25, 0.3) is 0 Å². The predicted octanol–water partition coefficient (Wildman–Crippen LogP) is 4.24. The van der Waals surface area contributed by atoms with Crippen LogP contribution in [0.25, 0.3) is 0 Å². The molecule has 0 unspecified atom stereocenters. The summed E-state index contributed by atoms with van der Waals surface area (Å²) in [5, 5.41) is -4.19. The van der Waals surface area contributed by atoms with Gasteiger partial charge in [-0.2, -0.15) is 13.2 Å². The highest BCUT2D eigenvalue weighted by atomic mass is 79.9. The van der Waals surface area contributed by atoms with E-state index in [9.17, 15) is 13.2 Å². The summed E-state index contributed by atoms with van der Waals surface area (Å²) in [5.74, 6) is 0. The van der Waals surface area contributed by atoms with Gasteiger partial charge in [0.15, 0.2) is 0 Å². The topological polar surface area (TPSA) is 0 Å². The lowest BCUT2D eigenvalue weighted by Gasteiger charge is -2.05. The van der Waals surface area contributed by atoms with Gasteiger partial charge in [0.05, 0.1) is 0 Å². The summed E-state index contributed by atoms with van der Waals surface area (Å²) in [6, 6.07) is 0. The monoisotopic (exact) mass is 232 g/mol. The molecule has 0 heterocycles. The third-order valence-corrected chi connectivity index (χ3v) is 1.50. The van der Waals surface area contributed by atoms with E-state index in [-0.39, 0.29) is 0 Å². The van der Waals surface area contributed by atoms with Gasteiger partial charge in [-0.05, 0) is 0 Å². The average molecular weight is 233 g/mol. The second-order valence-electron chi connectivity index (χ2n) is 2.55. The minimum atomic E-state index is -4.19. The Kier molecular flexibility index (Phi) is 6.01. The molecule has 1 fully saturated rings. The van der Waals surface area contributed by atoms with Gasteiger partial charge in [0.1, 0.15) is 0 Å². The van der Waals surface area contributed by atoms with Crippen molar-refractivity contribution in [2.75, 3.05) is 0 Å². The van der Waals surface area contributed by atoms with Gasteiger partial charge in [0, 0.05) is 15.9 Å². The maximum absolute atomic E-state index is 10.3. The molecule has 0 amide bonds. The van der Waals surface area contributed by atoms with Crippen molar-refractivity contribution >= 4 is 15.9 Å². The average Bonchev–Trinajstić information content (AvgIpc) is 1.88. The van der Waals surface area contributed by atoms with Crippen LogP contribution in [0.1, 0.15) is 38.5 Å². The Bertz CT molecular complexity index is 68.7. The van der Waals surface area contributed by atoms with Crippen molar-refractivity contribution < 1.29 is 13.2 Å². The molecule has 1 rings (SSSR count). The zero-order valence-corrected chi connectivity index (χ0v) is 7.84. The Morgan fingerprint density at radius 2 is 0.818 bits per heavy atom. The van der Waals surface area contributed by atoms with Crippen LogP contribution < -0.4 is 0 Å². The van der Waals surface area contributed by atoms with Crippen LogP contribution in [0.2, 0.25) is 0 Å². The van der Waals surface area contributed by atoms with Crippen LogP contribution in [0.15, 0.2) is 0 Å². The molecule has 0 spiro atoms. The highest BCUT2D eigenvalue weighted by Gasteiger charge is 2.19. The van der Waals surface area contributed by atoms with Crippen molar-refractivity contribution in [3.63, 3.8) is 0 Å². The summed E-state index contributed by atoms with van der Waals surface area (Å²) in [7, 11) is 0. The SMILES string of the molecule is C1CCCCC1.FC(F)(F)Br. The second-order valence-corrected chi connectivity index (χ2v) is 3.45. The van der Waals surface area contributed by atoms with E-state index < -0.39 is 5.09 Å². The highest BCUT2D eigenvalue weighted by molar-refractivity contribution is 9.09. The molecule has 0 nitrogen and oxygen atoms in total. The third-order valence-electron chi connectivity index (χ3n) is 1.50. The maximum Gasteiger partial charge on any atom is 0.448 e. The Balaban J connectivity index is 0.000000187. The molecule has 11 heavy (non-hydrogen) atoms. The zero-order valence-electron chi connectivity index (χ0n) is 6.25. The van der Waals surface area contributed by atoms with Gasteiger partial charge in [-0.15, -0.1) is 0 Å². The Hall–Kier alpha value is 0.270. The fourth-order valence-electron chi connectivity index (χ4n) is 1.06. The first-order valence-corrected chi connectivity index (χ1v) is 4.55. The van der Waals surface area contributed by atoms with Crippen LogP contribution in [-0.2, 0) is 0 Å². The molecule has 0 aromatic carbocycles. The lowest BCUT2D eigenvalue weighted by molar-refractivity contribution is -0.0245. The van der Waals surface area contributed by atoms with Gasteiger partial charge >= 0.3 is 5.09 Å². The number of halogens is 4. The van der Waals surface area contributed by atoms with Gasteiger partial charge in [-0.1, -0.05) is 38.5 Å². The van der Waals surface area contributed by atoms with Crippen molar-refractivity contribution in [3.8, 4) is 0 Å². The number of rotatable bonds is 0. The Labute approximate surface area is 73.3 Å². The van der Waals surface area contributed by atoms with Crippen LogP contribution in [0.5, 0.6) is 0 Å². The first-order chi connectivity index (χ1) is 5.00. The summed E-state index contributed by atoms with van der Waals surface area (Å²) < 4.78 is 30.8. The first kappa shape index (κ1) is 11.3. The maximum atomic E-state index is 10.3. The molecule has 0 aromatic heterocycles. The highest BCUT2D eigenvalue weighted by Crippen LogP contribution is 2.21. The minimum Gasteiger partial charge on any atom is -0.160 e. The van der Waals surface area contributed by atoms with Gasteiger partial charge < -0.3 is 0 Å². The predicted molar refractivity (Wildman–Crippen MR) is 42.7 cm³/mol. The Morgan fingerprint density at radius 1 is 0.727 bits per heavy atom. The lowest BCUT2D eigenvalue weighted by atomic mass is 10.0. The smallest absolute Gasteiger partial charge is 0.160 e. The van der Waals surface area contributed by atoms with E-state index in [1.165, 1.54) is 54.5 Å². The van der Waals surface area contributed by atoms with Crippen molar-refractivity contribution in [2.24, 2.45) is 0 Å². The molecule has 0 aromatic rings. The quantitative estimate of drug-likeness (QED) is 0.549. The lowest BCUT2D eigenvalue weighted by Crippen LogP contribution is -1.88. The van der Waals surface area contributed by atoms with Crippen molar-refractivity contribution in [1.82, 2.24) is 0 Å². The van der Waals surface area contributed by atoms with Crippen LogP contribution in [-0.4, -0.2) is 5.09 Å². The Morgan fingerprint density at radius 3 is 0.909 bits per heavy atom. The van der Waals surface area contributed by atoms with Crippen LogP contribution in [0.4, 0.5) is 13.2 Å². The summed E-state index contributed by atoms with van der Waals surface area (Å²) in [4.78, 5) is 0. The molecule has 68 valence electrons. The number of hydrogen-bond donors (Lipinski definition) is 0. The molecule has 4 heteroatoms. The summed E-state index contributed by atoms with van der Waals surface area (Å²) in [6.45, 7) is 0. The van der Waals surface area contributed by atoms with Crippen LogP contribution in [0, 0.1) is 0 Å². The van der Waals surface area contributed by atoms with Gasteiger partial charge in [-0.25, -0.2) is 0 Å². The van der Waals surface area contributed by atoms with Crippen molar-refractivity contribution in [2.45, 2.75) is 43.6 Å². The van der Waals surface area contributed by atoms with Crippen LogP contribution in [0.3, 0.4) is 0 Å². The minimum absolute atomic E-state index is 1.38. The van der Waals surface area contributed by atoms with Crippen LogP contribution >= 0.6 is 15.9 Å². The fourth-order valence-corrected chi connectivity index (χ4v) is 1.06. The fraction of sp³-hybridized carbons (Fsp3) is 1.00. The van der Waals surface area contributed by atoms with Gasteiger partial charge in [0.2, 0.25) is 0 Å². The molecular formula is C7H12BrF3. The summed E-state index contributed by atoms with van der Waals surface area (Å²) >= 11 is 1.38. The van der Waals surface area contributed by atoms with E-state index >= 15 is 0 Å². The molecular weight excluding hydrogens is 221 g/mol. The van der Waals surface area contributed by atoms with E-state index in [1.54, 1.807) is 0 Å². The normalized spacial score (nSPS) is 18.5. The molecule has 1 aliphatic carbocycles. The molecule has 1 saturated carbocycles. The van der Waals surface area contributed by atoms with Gasteiger partial charge in [-0.3, -0.25) is 0 Å². The van der Waals surface area contributed by atoms with E-state index in [0.717, 1.165) is 0 Å². The third kappa shape index (κ3) is 17.9. The van der Waals surface area contributed by atoms with E-state index in [4.69, 9.17) is 0 Å². The van der Waals surface area contributed by atoms with E-state index in [0.29, 0.717) is 0 Å². The molecule has 0 saturated heterocycles. The van der Waals surface area contributed by atoms with Crippen molar-refractivity contribution in [3.05, 3.63) is 0 Å². The van der Waals surface area contributed by atoms with E-state index in [1.807, 2.05) is 0 Å². The first-order valence-electron chi connectivity index (χ1n) is 3.76. The summed E-state index contributed by atoms with van der Waals surface area (Å²) in [6.07, 6.45) is 9.00. The molecule has 0 atom stereocenters. The zero-order chi connectivity index (χ0) is 8.74. The molecule has 1 aliphatic rings. The molecule has 0 aliphatic heterocycles. The second kappa shape index (κ2) is 5.86. The standard InChI is InChI=1S/C6H12.CBrF3/c1-2-4-6-5-3-1;2-1(3,4)5/h1-6H2;. The largest absolute Gasteiger partial charge is 0.448 e.